The molecule has 6 heterocycles. The zero-order chi connectivity index (χ0) is 64.5. The normalized spacial score (nSPS) is 36.6. The van der Waals surface area contributed by atoms with Gasteiger partial charge in [0, 0.05) is 128 Å². The van der Waals surface area contributed by atoms with Crippen LogP contribution in [0.1, 0.15) is 146 Å². The summed E-state index contributed by atoms with van der Waals surface area (Å²) in [5.41, 5.74) is 4.09. The lowest BCUT2D eigenvalue weighted by Crippen LogP contribution is -2.81. The number of aliphatic hydroxyl groups is 3. The molecule has 3 aromatic carbocycles. The highest BCUT2D eigenvalue weighted by molar-refractivity contribution is 5.95. The predicted molar refractivity (Wildman–Crippen MR) is 350 cm³/mol. The summed E-state index contributed by atoms with van der Waals surface area (Å²) >= 11 is 0. The summed E-state index contributed by atoms with van der Waals surface area (Å²) in [4.78, 5) is 67.5. The number of allylic oxidation sites excluding steroid dienone is 4. The average molecular weight is 1240 g/mol. The van der Waals surface area contributed by atoms with Gasteiger partial charge in [-0.3, -0.25) is 24.2 Å². The van der Waals surface area contributed by atoms with Crippen LogP contribution in [-0.2, 0) is 50.6 Å². The molecule has 3 saturated carbocycles. The molecule has 10 aliphatic rings. The maximum Gasteiger partial charge on any atom is 0.344 e. The number of fused-ring (bicyclic) bond motifs is 10. The van der Waals surface area contributed by atoms with E-state index in [4.69, 9.17) is 18.9 Å². The van der Waals surface area contributed by atoms with E-state index in [-0.39, 0.29) is 29.1 Å². The van der Waals surface area contributed by atoms with E-state index in [2.05, 4.69) is 101 Å². The summed E-state index contributed by atoms with van der Waals surface area (Å²) in [6.07, 6.45) is 14.2. The van der Waals surface area contributed by atoms with E-state index in [1.165, 1.54) is 43.5 Å². The van der Waals surface area contributed by atoms with Crippen LogP contribution in [0.3, 0.4) is 0 Å². The molecule has 2 saturated heterocycles. The first-order valence-corrected chi connectivity index (χ1v) is 33.4. The van der Waals surface area contributed by atoms with E-state index in [0.29, 0.717) is 101 Å². The number of ketones is 1. The van der Waals surface area contributed by atoms with Crippen molar-refractivity contribution in [2.45, 2.75) is 170 Å². The molecule has 16 heteroatoms. The van der Waals surface area contributed by atoms with Gasteiger partial charge in [-0.25, -0.2) is 4.79 Å². The molecule has 1 aromatic heterocycles. The third kappa shape index (κ3) is 9.14. The molecule has 0 amide bonds. The van der Waals surface area contributed by atoms with Gasteiger partial charge in [0.1, 0.15) is 16.8 Å². The minimum absolute atomic E-state index is 0.0986. The number of benzene rings is 3. The number of nitrogens with zero attached hydrogens (tertiary/aromatic N) is 4. The molecule has 5 aliphatic heterocycles. The number of H-pyrrole nitrogens is 1. The fourth-order valence-corrected chi connectivity index (χ4v) is 20.9. The van der Waals surface area contributed by atoms with E-state index in [1.807, 2.05) is 63.1 Å². The van der Waals surface area contributed by atoms with Gasteiger partial charge in [-0.2, -0.15) is 0 Å². The summed E-state index contributed by atoms with van der Waals surface area (Å²) in [5, 5.41) is 38.1. The molecule has 2 bridgehead atoms. The standard InChI is InChI=1S/C46H58N4O9.C29H35NO2/c1-8-42(54)23-28-24-45(40(52)57-6,36-30(15-19-49(25-28)26-42)29-13-10-11-14-33(29)47-36)32-21-31-34(22-35(32)56-5)48(4)38-44(31)17-20-50-18-12-16-43(9-2,37(44)50)39(59-27(3)51)46(38,55)41(53)58-7;1-5-15-29(32)16-14-26-24-12-8-20-17-22(31)11-13-23(20)27(24)25(18-28(26,29)2)19-6-9-21(10-7-19)30(3)4/h10-14,16,21-22,28,37-39,47,54-55H,8-9,15,17-20,23-26H2,1-7H3;6-7,9-10,17,24-26,32H,8,11-14,16,18H2,1-4H3/t28-,37-,38+,39+,42-,43+,44+,45-,46-;24-,25+,26-,28-,29-/m00/s1. The van der Waals surface area contributed by atoms with E-state index in [0.717, 1.165) is 71.9 Å². The second-order valence-electron chi connectivity index (χ2n) is 29.0. The van der Waals surface area contributed by atoms with E-state index < -0.39 is 63.1 Å². The summed E-state index contributed by atoms with van der Waals surface area (Å²) < 4.78 is 23.9. The number of carbonyl (C=O) groups is 4. The lowest BCUT2D eigenvalue weighted by Gasteiger charge is -2.63. The van der Waals surface area contributed by atoms with Crippen LogP contribution in [0.5, 0.6) is 5.75 Å². The Hall–Kier alpha value is -6.74. The highest BCUT2D eigenvalue weighted by Gasteiger charge is 2.80. The quantitative estimate of drug-likeness (QED) is 0.0535. The fraction of sp³-hybridized carbons (Fsp3) is 0.573. The van der Waals surface area contributed by atoms with Crippen molar-refractivity contribution in [1.82, 2.24) is 14.8 Å². The molecule has 14 rings (SSSR count). The van der Waals surface area contributed by atoms with Crippen molar-refractivity contribution in [3.63, 3.8) is 0 Å². The number of hydrogen-bond donors (Lipinski definition) is 4. The molecule has 5 aliphatic carbocycles. The maximum atomic E-state index is 15.3. The van der Waals surface area contributed by atoms with Crippen molar-refractivity contribution >= 4 is 46.0 Å². The van der Waals surface area contributed by atoms with E-state index in [1.54, 1.807) is 12.7 Å². The Balaban J connectivity index is 0.000000199. The Kier molecular flexibility index (Phi) is 15.8. The van der Waals surface area contributed by atoms with Gasteiger partial charge in [-0.15, -0.1) is 5.92 Å². The van der Waals surface area contributed by atoms with Crippen molar-refractivity contribution < 1.29 is 53.4 Å². The van der Waals surface area contributed by atoms with Crippen LogP contribution in [0.25, 0.3) is 10.9 Å². The van der Waals surface area contributed by atoms with Crippen LogP contribution >= 0.6 is 0 Å². The largest absolute Gasteiger partial charge is 0.496 e. The van der Waals surface area contributed by atoms with Crippen LogP contribution in [0.15, 0.2) is 95.6 Å². The Bertz CT molecular complexity index is 3780. The Morgan fingerprint density at radius 3 is 2.31 bits per heavy atom. The summed E-state index contributed by atoms with van der Waals surface area (Å²) in [6.45, 7) is 12.8. The van der Waals surface area contributed by atoms with Crippen molar-refractivity contribution in [2.75, 3.05) is 85.0 Å². The molecule has 5 fully saturated rings. The third-order valence-electron chi connectivity index (χ3n) is 24.6. The third-order valence-corrected chi connectivity index (χ3v) is 24.6. The summed E-state index contributed by atoms with van der Waals surface area (Å²) in [7, 11) is 10.3. The minimum Gasteiger partial charge on any atom is -0.496 e. The van der Waals surface area contributed by atoms with Gasteiger partial charge >= 0.3 is 17.9 Å². The number of hydrogen-bond acceptors (Lipinski definition) is 15. The molecule has 484 valence electrons. The highest BCUT2D eigenvalue weighted by Crippen LogP contribution is 2.70. The second-order valence-corrected chi connectivity index (χ2v) is 29.0. The summed E-state index contributed by atoms with van der Waals surface area (Å²) in [6, 6.07) is 19.9. The first-order chi connectivity index (χ1) is 43.5. The van der Waals surface area contributed by atoms with Gasteiger partial charge in [-0.05, 0) is 166 Å². The Labute approximate surface area is 536 Å². The number of nitrogens with one attached hydrogen (secondary N) is 1. The minimum atomic E-state index is -2.30. The van der Waals surface area contributed by atoms with E-state index in [9.17, 15) is 29.7 Å². The smallest absolute Gasteiger partial charge is 0.344 e. The molecule has 4 aromatic rings. The van der Waals surface area contributed by atoms with Crippen molar-refractivity contribution in [3.8, 4) is 17.6 Å². The molecule has 16 nitrogen and oxygen atoms in total. The van der Waals surface area contributed by atoms with Crippen molar-refractivity contribution in [3.05, 3.63) is 124 Å². The number of likely N-dealkylation sites (N-methyl/N-ethyl adjacent to an activating group) is 1. The number of esters is 3. The number of methoxy groups -OCH3 is 3. The zero-order valence-electron chi connectivity index (χ0n) is 55.2. The molecular weight excluding hydrogens is 1150 g/mol. The van der Waals surface area contributed by atoms with Crippen LogP contribution in [0.2, 0.25) is 0 Å². The number of aromatic nitrogens is 1. The number of aromatic amines is 1. The fourth-order valence-electron chi connectivity index (χ4n) is 20.9. The van der Waals surface area contributed by atoms with Gasteiger partial charge in [0.15, 0.2) is 11.9 Å². The van der Waals surface area contributed by atoms with Crippen LogP contribution in [0.4, 0.5) is 11.4 Å². The van der Waals surface area contributed by atoms with Crippen molar-refractivity contribution in [1.29, 1.82) is 0 Å². The first kappa shape index (κ1) is 63.0. The predicted octanol–water partition coefficient (Wildman–Crippen LogP) is 9.40. The molecule has 15 atom stereocenters. The van der Waals surface area contributed by atoms with Gasteiger partial charge < -0.3 is 49.1 Å². The average Bonchev–Trinajstić information content (AvgIpc) is 1.52. The van der Waals surface area contributed by atoms with Crippen LogP contribution < -0.4 is 14.5 Å². The number of ether oxygens (including phenoxy) is 4. The zero-order valence-corrected chi connectivity index (χ0v) is 55.2. The molecule has 0 radical (unpaired) electrons. The van der Waals surface area contributed by atoms with Crippen molar-refractivity contribution in [2.24, 2.45) is 28.6 Å². The lowest BCUT2D eigenvalue weighted by molar-refractivity contribution is -0.228. The Morgan fingerprint density at radius 2 is 1.62 bits per heavy atom. The molecule has 91 heavy (non-hydrogen) atoms. The summed E-state index contributed by atoms with van der Waals surface area (Å²) in [5.74, 6) is 6.20. The SMILES string of the molecule is CC#C[C@]1(O)CC[C@H]2[C@@H]3CCC4=CC(=O)CCC4=C3[C@@H](c3ccc(N(C)C)cc3)C[C@@]21C.CC[C@]1(O)C[C@@H]2CN(CCc3c([nH]c4ccccc34)[C@@](C(=O)OC)(c3cc4c(cc3OC)N(C)[C@H]3[C@@](O)(C(=O)OC)[C@H](OC(C)=O)[C@]5(CC)C=CCN6CC[C@]43[C@@H]65)C2)C1. The number of anilines is 2. The van der Waals surface area contributed by atoms with Crippen LogP contribution in [-0.4, -0.2) is 164 Å². The number of para-hydroxylation sites is 1. The monoisotopic (exact) mass is 1240 g/mol. The second kappa shape index (κ2) is 22.8. The van der Waals surface area contributed by atoms with Gasteiger partial charge in [0.05, 0.1) is 33.0 Å². The maximum absolute atomic E-state index is 15.3. The lowest BCUT2D eigenvalue weighted by atomic mass is 9.47. The molecule has 1 unspecified atom stereocenters. The molecule has 4 N–H and O–H groups in total. The van der Waals surface area contributed by atoms with Gasteiger partial charge in [-0.1, -0.05) is 74.7 Å². The van der Waals surface area contributed by atoms with E-state index >= 15 is 4.79 Å². The van der Waals surface area contributed by atoms with Gasteiger partial charge in [0.25, 0.3) is 0 Å². The highest BCUT2D eigenvalue weighted by atomic mass is 16.6. The van der Waals surface area contributed by atoms with Crippen LogP contribution in [0, 0.1) is 40.4 Å². The number of carbonyl (C=O) groups excluding carboxylic acids is 4. The molecule has 1 spiro atoms. The van der Waals surface area contributed by atoms with Gasteiger partial charge in [0.2, 0.25) is 5.60 Å². The molecular formula is C75H93N5O11. The Morgan fingerprint density at radius 1 is 0.857 bits per heavy atom. The topological polar surface area (TPSA) is 195 Å². The number of rotatable bonds is 9. The first-order valence-electron chi connectivity index (χ1n) is 33.4. The number of piperidine rings is 1.